The molecule has 0 saturated carbocycles. The largest absolute Gasteiger partial charge is 0.360 e. The molecule has 0 fully saturated rings. The number of benzene rings is 1. The van der Waals surface area contributed by atoms with Crippen molar-refractivity contribution in [3.05, 3.63) is 56.8 Å². The third-order valence-corrected chi connectivity index (χ3v) is 4.00. The number of carbonyl (C=O) groups excluding carboxylic acids is 1. The lowest BCUT2D eigenvalue weighted by molar-refractivity contribution is 0.104. The molecule has 0 aliphatic carbocycles. The number of rotatable bonds is 2. The van der Waals surface area contributed by atoms with Crippen LogP contribution in [0.5, 0.6) is 0 Å². The van der Waals surface area contributed by atoms with Crippen LogP contribution in [0, 0.1) is 0 Å². The first-order valence-electron chi connectivity index (χ1n) is 5.10. The molecule has 1 aromatic carbocycles. The summed E-state index contributed by atoms with van der Waals surface area (Å²) in [4.78, 5) is 16.2. The van der Waals surface area contributed by atoms with Gasteiger partial charge in [-0.15, -0.1) is 11.3 Å². The van der Waals surface area contributed by atoms with Gasteiger partial charge in [0.15, 0.2) is 0 Å². The molecule has 17 heavy (non-hydrogen) atoms. The molecule has 2 aromatic heterocycles. The molecule has 0 aliphatic rings. The zero-order valence-corrected chi connectivity index (χ0v) is 11.1. The second-order valence-electron chi connectivity index (χ2n) is 3.70. The van der Waals surface area contributed by atoms with E-state index in [0.29, 0.717) is 0 Å². The molecule has 3 aromatic rings. The summed E-state index contributed by atoms with van der Waals surface area (Å²) in [6.07, 6.45) is 1.78. The van der Waals surface area contributed by atoms with Gasteiger partial charge in [-0.2, -0.15) is 0 Å². The highest BCUT2D eigenvalue weighted by Gasteiger charge is 2.14. The summed E-state index contributed by atoms with van der Waals surface area (Å²) in [6.45, 7) is 0. The predicted octanol–water partition coefficient (Wildman–Crippen LogP) is 4.22. The number of hydrogen-bond donors (Lipinski definition) is 1. The van der Waals surface area contributed by atoms with Crippen LogP contribution < -0.4 is 0 Å². The molecule has 3 rings (SSSR count). The summed E-state index contributed by atoms with van der Waals surface area (Å²) in [7, 11) is 0. The van der Waals surface area contributed by atoms with Gasteiger partial charge in [0.25, 0.3) is 0 Å². The lowest BCUT2D eigenvalue weighted by Crippen LogP contribution is -1.96. The number of H-pyrrole nitrogens is 1. The van der Waals surface area contributed by atoms with Crippen LogP contribution in [0.15, 0.2) is 46.4 Å². The highest BCUT2D eigenvalue weighted by molar-refractivity contribution is 9.10. The van der Waals surface area contributed by atoms with Crippen molar-refractivity contribution in [3.63, 3.8) is 0 Å². The van der Waals surface area contributed by atoms with Crippen LogP contribution in [0.25, 0.3) is 10.9 Å². The fourth-order valence-electron chi connectivity index (χ4n) is 1.82. The number of thiophene rings is 1. The van der Waals surface area contributed by atoms with E-state index in [1.54, 1.807) is 6.20 Å². The van der Waals surface area contributed by atoms with Crippen molar-refractivity contribution in [1.29, 1.82) is 0 Å². The Labute approximate surface area is 110 Å². The van der Waals surface area contributed by atoms with Crippen molar-refractivity contribution in [2.24, 2.45) is 0 Å². The molecule has 4 heteroatoms. The Morgan fingerprint density at radius 1 is 1.29 bits per heavy atom. The summed E-state index contributed by atoms with van der Waals surface area (Å²) in [6, 6.07) is 9.63. The molecule has 0 atom stereocenters. The van der Waals surface area contributed by atoms with Gasteiger partial charge in [0, 0.05) is 27.1 Å². The lowest BCUT2D eigenvalue weighted by Gasteiger charge is -1.96. The van der Waals surface area contributed by atoms with E-state index in [4.69, 9.17) is 0 Å². The maximum atomic E-state index is 12.3. The molecule has 0 saturated heterocycles. The first-order chi connectivity index (χ1) is 8.25. The number of carbonyl (C=O) groups is 1. The van der Waals surface area contributed by atoms with Gasteiger partial charge in [0.1, 0.15) is 0 Å². The Morgan fingerprint density at radius 3 is 2.94 bits per heavy atom. The Balaban J connectivity index is 2.18. The predicted molar refractivity (Wildman–Crippen MR) is 73.8 cm³/mol. The Kier molecular flexibility index (Phi) is 2.61. The van der Waals surface area contributed by atoms with Crippen molar-refractivity contribution in [3.8, 4) is 0 Å². The number of nitrogens with one attached hydrogen (secondary N) is 1. The summed E-state index contributed by atoms with van der Waals surface area (Å²) < 4.78 is 0.977. The molecule has 0 amide bonds. The van der Waals surface area contributed by atoms with Crippen LogP contribution in [0.1, 0.15) is 15.2 Å². The molecule has 0 aliphatic heterocycles. The highest BCUT2D eigenvalue weighted by atomic mass is 79.9. The number of ketones is 1. The van der Waals surface area contributed by atoms with Gasteiger partial charge in [0.05, 0.1) is 4.88 Å². The van der Waals surface area contributed by atoms with Gasteiger partial charge in [-0.25, -0.2) is 0 Å². The third kappa shape index (κ3) is 1.83. The molecular formula is C13H8BrNOS. The Hall–Kier alpha value is -1.39. The third-order valence-electron chi connectivity index (χ3n) is 2.63. The van der Waals surface area contributed by atoms with Crippen LogP contribution in [0.3, 0.4) is 0 Å². The monoisotopic (exact) mass is 305 g/mol. The van der Waals surface area contributed by atoms with Gasteiger partial charge in [-0.05, 0) is 29.6 Å². The fourth-order valence-corrected chi connectivity index (χ4v) is 2.86. The smallest absolute Gasteiger partial charge is 0.205 e. The zero-order valence-electron chi connectivity index (χ0n) is 8.74. The maximum absolute atomic E-state index is 12.3. The minimum absolute atomic E-state index is 0.0735. The second-order valence-corrected chi connectivity index (χ2v) is 5.56. The molecule has 2 nitrogen and oxygen atoms in total. The molecule has 0 unspecified atom stereocenters. The van der Waals surface area contributed by atoms with Crippen molar-refractivity contribution >= 4 is 44.0 Å². The molecule has 1 N–H and O–H groups in total. The molecule has 0 bridgehead atoms. The maximum Gasteiger partial charge on any atom is 0.205 e. The minimum atomic E-state index is 0.0735. The van der Waals surface area contributed by atoms with E-state index in [1.165, 1.54) is 11.3 Å². The number of halogens is 1. The Bertz CT molecular complexity index is 685. The average molecular weight is 306 g/mol. The van der Waals surface area contributed by atoms with Crippen molar-refractivity contribution in [2.75, 3.05) is 0 Å². The average Bonchev–Trinajstić information content (AvgIpc) is 2.97. The summed E-state index contributed by atoms with van der Waals surface area (Å²) in [5.74, 6) is 0.0735. The van der Waals surface area contributed by atoms with E-state index < -0.39 is 0 Å². The lowest BCUT2D eigenvalue weighted by atomic mass is 10.1. The van der Waals surface area contributed by atoms with Crippen LogP contribution in [-0.2, 0) is 0 Å². The number of aromatic nitrogens is 1. The summed E-state index contributed by atoms with van der Waals surface area (Å²) in [5.41, 5.74) is 1.71. The Morgan fingerprint density at radius 2 is 2.18 bits per heavy atom. The fraction of sp³-hybridized carbons (Fsp3) is 0. The minimum Gasteiger partial charge on any atom is -0.360 e. The van der Waals surface area contributed by atoms with Crippen LogP contribution in [-0.4, -0.2) is 10.8 Å². The van der Waals surface area contributed by atoms with E-state index in [9.17, 15) is 4.79 Å². The number of fused-ring (bicyclic) bond motifs is 1. The topological polar surface area (TPSA) is 32.9 Å². The van der Waals surface area contributed by atoms with Crippen LogP contribution in [0.4, 0.5) is 0 Å². The van der Waals surface area contributed by atoms with E-state index in [1.807, 2.05) is 35.7 Å². The van der Waals surface area contributed by atoms with Crippen molar-refractivity contribution in [1.82, 2.24) is 4.98 Å². The second kappa shape index (κ2) is 4.13. The summed E-state index contributed by atoms with van der Waals surface area (Å²) in [5, 5.41) is 2.87. The van der Waals surface area contributed by atoms with Gasteiger partial charge < -0.3 is 4.98 Å². The van der Waals surface area contributed by atoms with Crippen LogP contribution >= 0.6 is 27.3 Å². The standard InChI is InChI=1S/C13H8BrNOS/c14-8-3-4-11-9(6-8)10(7-15-11)13(16)12-2-1-5-17-12/h1-7,15H. The van der Waals surface area contributed by atoms with Crippen molar-refractivity contribution in [2.45, 2.75) is 0 Å². The van der Waals surface area contributed by atoms with E-state index in [0.717, 1.165) is 25.8 Å². The first-order valence-corrected chi connectivity index (χ1v) is 6.78. The quantitative estimate of drug-likeness (QED) is 0.706. The number of hydrogen-bond acceptors (Lipinski definition) is 2. The van der Waals surface area contributed by atoms with Crippen LogP contribution in [0.2, 0.25) is 0 Å². The zero-order chi connectivity index (χ0) is 11.8. The van der Waals surface area contributed by atoms with E-state index >= 15 is 0 Å². The van der Waals surface area contributed by atoms with E-state index in [-0.39, 0.29) is 5.78 Å². The van der Waals surface area contributed by atoms with Gasteiger partial charge in [0.2, 0.25) is 5.78 Å². The SMILES string of the molecule is O=C(c1cccs1)c1c[nH]c2ccc(Br)cc12. The van der Waals surface area contributed by atoms with Gasteiger partial charge in [-0.1, -0.05) is 22.0 Å². The normalized spacial score (nSPS) is 10.9. The molecule has 0 spiro atoms. The molecule has 0 radical (unpaired) electrons. The summed E-state index contributed by atoms with van der Waals surface area (Å²) >= 11 is 4.89. The molecule has 84 valence electrons. The van der Waals surface area contributed by atoms with E-state index in [2.05, 4.69) is 20.9 Å². The van der Waals surface area contributed by atoms with Gasteiger partial charge in [-0.3, -0.25) is 4.79 Å². The van der Waals surface area contributed by atoms with Gasteiger partial charge >= 0.3 is 0 Å². The first kappa shape index (κ1) is 10.7. The number of aromatic amines is 1. The molecule has 2 heterocycles. The van der Waals surface area contributed by atoms with Crippen molar-refractivity contribution < 1.29 is 4.79 Å². The molecular weight excluding hydrogens is 298 g/mol. The highest BCUT2D eigenvalue weighted by Crippen LogP contribution is 2.25.